The molecule has 12 nitrogen and oxygen atoms in total. The van der Waals surface area contributed by atoms with Crippen LogP contribution in [0.3, 0.4) is 0 Å². The normalized spacial score (nSPS) is 13.3. The minimum Gasteiger partial charge on any atom is -0.489 e. The van der Waals surface area contributed by atoms with Crippen LogP contribution in [0.4, 0.5) is 5.69 Å². The van der Waals surface area contributed by atoms with Crippen molar-refractivity contribution >= 4 is 35.5 Å². The second-order valence-electron chi connectivity index (χ2n) is 9.31. The molecule has 0 saturated carbocycles. The molecule has 0 bridgehead atoms. The monoisotopic (exact) mass is 560 g/mol. The van der Waals surface area contributed by atoms with Crippen molar-refractivity contribution in [1.82, 2.24) is 4.90 Å². The van der Waals surface area contributed by atoms with E-state index in [0.29, 0.717) is 35.2 Å². The Bertz CT molecular complexity index is 1550. The summed E-state index contributed by atoms with van der Waals surface area (Å²) in [6.07, 6.45) is 0.885. The van der Waals surface area contributed by atoms with Gasteiger partial charge in [-0.2, -0.15) is 0 Å². The van der Waals surface area contributed by atoms with Crippen LogP contribution < -0.4 is 20.9 Å². The number of carboxylic acids is 2. The van der Waals surface area contributed by atoms with Crippen molar-refractivity contribution in [2.24, 2.45) is 16.5 Å². The molecule has 212 valence electrons. The smallest absolute Gasteiger partial charge is 0.343 e. The summed E-state index contributed by atoms with van der Waals surface area (Å²) in [4.78, 5) is 55.5. The van der Waals surface area contributed by atoms with E-state index >= 15 is 0 Å². The van der Waals surface area contributed by atoms with Crippen LogP contribution in [0.15, 0.2) is 65.7 Å². The van der Waals surface area contributed by atoms with Gasteiger partial charge in [0.2, 0.25) is 0 Å². The Labute approximate surface area is 234 Å². The molecule has 12 heteroatoms. The third kappa shape index (κ3) is 6.61. The quantitative estimate of drug-likeness (QED) is 0.144. The first-order chi connectivity index (χ1) is 19.5. The Kier molecular flexibility index (Phi) is 8.51. The Morgan fingerprint density at radius 2 is 1.80 bits per heavy atom. The summed E-state index contributed by atoms with van der Waals surface area (Å²) in [5, 5.41) is 19.1. The standard InChI is InChI=1S/C29H28N4O8/c1-16(26(35)36)33(15-17-5-2-6-19(13-17)27(37)38)25(34)22-8-3-9-23-24(22)40-12-4-7-18-14-20(32-29(30)31)10-11-21(18)28(39)41-23/h2-3,5-6,8-11,13-14,16H,4,7,12,15H2,1H3,(H,35,36)(H,37,38)(H4,30,31,32). The third-order valence-electron chi connectivity index (χ3n) is 6.43. The highest BCUT2D eigenvalue weighted by Crippen LogP contribution is 2.35. The van der Waals surface area contributed by atoms with Crippen molar-refractivity contribution in [2.75, 3.05) is 6.61 Å². The maximum atomic E-state index is 13.8. The maximum Gasteiger partial charge on any atom is 0.343 e. The van der Waals surface area contributed by atoms with Gasteiger partial charge in [0, 0.05) is 6.54 Å². The number of carbonyl (C=O) groups is 4. The highest BCUT2D eigenvalue weighted by molar-refractivity contribution is 6.00. The molecule has 0 spiro atoms. The van der Waals surface area contributed by atoms with Gasteiger partial charge in [0.25, 0.3) is 5.91 Å². The number of rotatable bonds is 7. The summed E-state index contributed by atoms with van der Waals surface area (Å²) in [7, 11) is 0. The molecule has 0 saturated heterocycles. The molecular formula is C29H28N4O8. The number of amides is 1. The molecule has 1 aliphatic rings. The number of guanidine groups is 1. The fourth-order valence-electron chi connectivity index (χ4n) is 4.38. The molecule has 41 heavy (non-hydrogen) atoms. The first-order valence-corrected chi connectivity index (χ1v) is 12.6. The Morgan fingerprint density at radius 3 is 2.51 bits per heavy atom. The largest absolute Gasteiger partial charge is 0.489 e. The lowest BCUT2D eigenvalue weighted by atomic mass is 10.0. The number of hydrogen-bond acceptors (Lipinski definition) is 7. The van der Waals surface area contributed by atoms with Gasteiger partial charge in [0.05, 0.1) is 29.0 Å². The zero-order chi connectivity index (χ0) is 29.7. The molecule has 0 aromatic heterocycles. The van der Waals surface area contributed by atoms with Crippen LogP contribution in [0.5, 0.6) is 11.5 Å². The van der Waals surface area contributed by atoms with Crippen molar-refractivity contribution in [3.05, 3.63) is 88.5 Å². The van der Waals surface area contributed by atoms with Gasteiger partial charge in [0.15, 0.2) is 17.5 Å². The molecule has 3 aromatic carbocycles. The van der Waals surface area contributed by atoms with Gasteiger partial charge in [-0.1, -0.05) is 18.2 Å². The molecule has 0 aliphatic carbocycles. The molecule has 3 aromatic rings. The molecule has 6 N–H and O–H groups in total. The number of aliphatic imine (C=N–C) groups is 1. The van der Waals surface area contributed by atoms with E-state index in [1.165, 1.54) is 43.3 Å². The van der Waals surface area contributed by atoms with E-state index in [2.05, 4.69) is 4.99 Å². The zero-order valence-corrected chi connectivity index (χ0v) is 22.1. The van der Waals surface area contributed by atoms with Gasteiger partial charge in [-0.15, -0.1) is 0 Å². The van der Waals surface area contributed by atoms with Crippen molar-refractivity contribution in [3.8, 4) is 11.5 Å². The number of ether oxygens (including phenoxy) is 2. The maximum absolute atomic E-state index is 13.8. The van der Waals surface area contributed by atoms with E-state index in [1.54, 1.807) is 24.3 Å². The van der Waals surface area contributed by atoms with Gasteiger partial charge in [0.1, 0.15) is 6.04 Å². The number of aryl methyl sites for hydroxylation is 1. The minimum absolute atomic E-state index is 0.00373. The SMILES string of the molecule is CC(C(=O)O)N(Cc1cccc(C(=O)O)c1)C(=O)c1cccc2c1OCCCc1cc(N=C(N)N)ccc1C(=O)O2. The van der Waals surface area contributed by atoms with Gasteiger partial charge < -0.3 is 36.1 Å². The fourth-order valence-corrected chi connectivity index (χ4v) is 4.38. The number of carboxylic acid groups (broad SMARTS) is 2. The van der Waals surface area contributed by atoms with Crippen molar-refractivity contribution in [2.45, 2.75) is 32.4 Å². The van der Waals surface area contributed by atoms with Gasteiger partial charge in [-0.3, -0.25) is 4.79 Å². The van der Waals surface area contributed by atoms with Crippen LogP contribution >= 0.6 is 0 Å². The van der Waals surface area contributed by atoms with Crippen LogP contribution in [0.25, 0.3) is 0 Å². The van der Waals surface area contributed by atoms with Gasteiger partial charge in [-0.25, -0.2) is 19.4 Å². The predicted octanol–water partition coefficient (Wildman–Crippen LogP) is 2.95. The van der Waals surface area contributed by atoms with E-state index in [-0.39, 0.29) is 41.7 Å². The number of hydrogen-bond donors (Lipinski definition) is 4. The first-order valence-electron chi connectivity index (χ1n) is 12.6. The summed E-state index contributed by atoms with van der Waals surface area (Å²) in [6.45, 7) is 1.30. The third-order valence-corrected chi connectivity index (χ3v) is 6.43. The summed E-state index contributed by atoms with van der Waals surface area (Å²) < 4.78 is 11.6. The van der Waals surface area contributed by atoms with Crippen LogP contribution in [-0.2, 0) is 17.8 Å². The lowest BCUT2D eigenvalue weighted by Crippen LogP contribution is -2.43. The molecule has 1 atom stereocenters. The number of para-hydroxylation sites is 1. The van der Waals surface area contributed by atoms with Crippen molar-refractivity contribution < 1.29 is 38.9 Å². The van der Waals surface area contributed by atoms with Crippen LogP contribution in [0, 0.1) is 0 Å². The molecule has 4 rings (SSSR count). The van der Waals surface area contributed by atoms with Gasteiger partial charge >= 0.3 is 17.9 Å². The van der Waals surface area contributed by atoms with E-state index in [9.17, 15) is 29.4 Å². The molecular weight excluding hydrogens is 532 g/mol. The number of carbonyl (C=O) groups excluding carboxylic acids is 2. The van der Waals surface area contributed by atoms with E-state index < -0.39 is 29.9 Å². The number of fused-ring (bicyclic) bond motifs is 2. The Hall–Kier alpha value is -5.39. The lowest BCUT2D eigenvalue weighted by Gasteiger charge is -2.28. The molecule has 1 heterocycles. The number of nitrogens with two attached hydrogens (primary N) is 2. The minimum atomic E-state index is -1.28. The highest BCUT2D eigenvalue weighted by Gasteiger charge is 2.31. The number of aliphatic carboxylic acids is 1. The van der Waals surface area contributed by atoms with E-state index in [4.69, 9.17) is 20.9 Å². The fraction of sp³-hybridized carbons (Fsp3) is 0.207. The lowest BCUT2D eigenvalue weighted by molar-refractivity contribution is -0.141. The highest BCUT2D eigenvalue weighted by atomic mass is 16.6. The summed E-state index contributed by atoms with van der Waals surface area (Å²) >= 11 is 0. The summed E-state index contributed by atoms with van der Waals surface area (Å²) in [5.41, 5.74) is 12.8. The predicted molar refractivity (Wildman–Crippen MR) is 148 cm³/mol. The zero-order valence-electron chi connectivity index (χ0n) is 22.1. The molecule has 1 aliphatic heterocycles. The topological polar surface area (TPSA) is 195 Å². The molecule has 0 fully saturated rings. The van der Waals surface area contributed by atoms with Crippen LogP contribution in [-0.4, -0.2) is 57.5 Å². The number of esters is 1. The average Bonchev–Trinajstić information content (AvgIpc) is 2.93. The molecule has 0 radical (unpaired) electrons. The van der Waals surface area contributed by atoms with Crippen LogP contribution in [0.2, 0.25) is 0 Å². The van der Waals surface area contributed by atoms with Crippen molar-refractivity contribution in [3.63, 3.8) is 0 Å². The molecule has 1 amide bonds. The summed E-state index contributed by atoms with van der Waals surface area (Å²) in [6, 6.07) is 13.8. The van der Waals surface area contributed by atoms with Crippen molar-refractivity contribution in [1.29, 1.82) is 0 Å². The van der Waals surface area contributed by atoms with E-state index in [0.717, 1.165) is 4.90 Å². The Morgan fingerprint density at radius 1 is 1.05 bits per heavy atom. The van der Waals surface area contributed by atoms with Gasteiger partial charge in [-0.05, 0) is 73.4 Å². The number of benzene rings is 3. The Balaban J connectivity index is 1.70. The molecule has 1 unspecified atom stereocenters. The van der Waals surface area contributed by atoms with Crippen LogP contribution in [0.1, 0.15) is 55.5 Å². The second kappa shape index (κ2) is 12.2. The average molecular weight is 561 g/mol. The number of nitrogens with zero attached hydrogens (tertiary/aromatic N) is 2. The first kappa shape index (κ1) is 28.6. The summed E-state index contributed by atoms with van der Waals surface area (Å²) in [5.74, 6) is -3.95. The number of aromatic carboxylic acids is 1. The second-order valence-corrected chi connectivity index (χ2v) is 9.31. The van der Waals surface area contributed by atoms with E-state index in [1.807, 2.05) is 0 Å².